The van der Waals surface area contributed by atoms with Crippen LogP contribution in [-0.2, 0) is 4.79 Å². The number of nitrogens with zero attached hydrogens (tertiary/aromatic N) is 1. The van der Waals surface area contributed by atoms with Gasteiger partial charge in [0, 0.05) is 24.3 Å². The molecule has 0 heterocycles. The van der Waals surface area contributed by atoms with Crippen molar-refractivity contribution in [3.63, 3.8) is 0 Å². The van der Waals surface area contributed by atoms with Crippen LogP contribution in [0.4, 0.5) is 0 Å². The Morgan fingerprint density at radius 1 is 1.45 bits per heavy atom. The number of halogens is 1. The van der Waals surface area contributed by atoms with Gasteiger partial charge in [0.2, 0.25) is 5.91 Å². The van der Waals surface area contributed by atoms with Gasteiger partial charge in [0.1, 0.15) is 0 Å². The second kappa shape index (κ2) is 4.75. The van der Waals surface area contributed by atoms with Crippen molar-refractivity contribution >= 4 is 21.8 Å². The number of alkyl halides is 1. The van der Waals surface area contributed by atoms with Crippen molar-refractivity contribution in [1.82, 2.24) is 4.90 Å². The van der Waals surface area contributed by atoms with Gasteiger partial charge >= 0.3 is 0 Å². The lowest BCUT2D eigenvalue weighted by Gasteiger charge is -2.20. The van der Waals surface area contributed by atoms with Gasteiger partial charge in [-0.15, -0.1) is 0 Å². The van der Waals surface area contributed by atoms with E-state index in [1.165, 1.54) is 0 Å². The minimum absolute atomic E-state index is 0.103. The van der Waals surface area contributed by atoms with E-state index in [1.54, 1.807) is 4.90 Å². The zero-order valence-corrected chi connectivity index (χ0v) is 9.18. The summed E-state index contributed by atoms with van der Waals surface area (Å²) in [5.74, 6) is 0.308. The summed E-state index contributed by atoms with van der Waals surface area (Å²) in [6, 6.07) is 0. The van der Waals surface area contributed by atoms with Crippen LogP contribution in [-0.4, -0.2) is 29.2 Å². The summed E-state index contributed by atoms with van der Waals surface area (Å²) in [7, 11) is 1.83. The van der Waals surface area contributed by atoms with Crippen LogP contribution >= 0.6 is 15.9 Å². The summed E-state index contributed by atoms with van der Waals surface area (Å²) in [6.07, 6.45) is 0. The van der Waals surface area contributed by atoms with Gasteiger partial charge in [-0.05, 0) is 0 Å². The predicted octanol–water partition coefficient (Wildman–Crippen LogP) is 1.88. The van der Waals surface area contributed by atoms with E-state index in [2.05, 4.69) is 15.9 Å². The van der Waals surface area contributed by atoms with E-state index < -0.39 is 0 Å². The molecule has 0 saturated carbocycles. The Hall–Kier alpha value is -0.0500. The first-order valence-corrected chi connectivity index (χ1v) is 4.75. The van der Waals surface area contributed by atoms with Crippen molar-refractivity contribution in [2.75, 3.05) is 13.6 Å². The summed E-state index contributed by atoms with van der Waals surface area (Å²) in [5.41, 5.74) is 0. The first-order chi connectivity index (χ1) is 4.95. The van der Waals surface area contributed by atoms with Crippen molar-refractivity contribution in [3.05, 3.63) is 0 Å². The third-order valence-electron chi connectivity index (χ3n) is 1.40. The standard InChI is InChI=1S/C8H16BrNO/c1-6(2)8(11)10(4)5-7(3)9/h6-7H,5H2,1-4H3. The lowest BCUT2D eigenvalue weighted by atomic mass is 10.2. The van der Waals surface area contributed by atoms with Crippen molar-refractivity contribution in [3.8, 4) is 0 Å². The van der Waals surface area contributed by atoms with Crippen LogP contribution in [0.15, 0.2) is 0 Å². The Morgan fingerprint density at radius 2 is 1.91 bits per heavy atom. The molecule has 11 heavy (non-hydrogen) atoms. The van der Waals surface area contributed by atoms with Crippen LogP contribution < -0.4 is 0 Å². The molecule has 0 aromatic rings. The highest BCUT2D eigenvalue weighted by molar-refractivity contribution is 9.09. The van der Waals surface area contributed by atoms with Crippen molar-refractivity contribution in [2.24, 2.45) is 5.92 Å². The topological polar surface area (TPSA) is 20.3 Å². The molecule has 0 fully saturated rings. The second-order valence-corrected chi connectivity index (χ2v) is 4.72. The van der Waals surface area contributed by atoms with Gasteiger partial charge in [0.05, 0.1) is 0 Å². The Labute approximate surface area is 77.1 Å². The highest BCUT2D eigenvalue weighted by Crippen LogP contribution is 2.03. The molecule has 0 aliphatic carbocycles. The molecule has 0 N–H and O–H groups in total. The Kier molecular flexibility index (Phi) is 4.73. The molecular formula is C8H16BrNO. The average molecular weight is 222 g/mol. The molecule has 3 heteroatoms. The minimum atomic E-state index is 0.103. The van der Waals surface area contributed by atoms with Crippen molar-refractivity contribution in [2.45, 2.75) is 25.6 Å². The number of carbonyl (C=O) groups is 1. The molecule has 1 atom stereocenters. The quantitative estimate of drug-likeness (QED) is 0.667. The molecule has 0 spiro atoms. The Morgan fingerprint density at radius 3 is 2.18 bits per heavy atom. The van der Waals surface area contributed by atoms with Gasteiger partial charge in [-0.1, -0.05) is 36.7 Å². The molecule has 0 radical (unpaired) electrons. The largest absolute Gasteiger partial charge is 0.344 e. The maximum atomic E-state index is 11.3. The van der Waals surface area contributed by atoms with Crippen molar-refractivity contribution < 1.29 is 4.79 Å². The molecule has 0 bridgehead atoms. The highest BCUT2D eigenvalue weighted by Gasteiger charge is 2.13. The summed E-state index contributed by atoms with van der Waals surface area (Å²) in [6.45, 7) is 6.64. The SMILES string of the molecule is CC(Br)CN(C)C(=O)C(C)C. The molecule has 0 aromatic carbocycles. The van der Waals surface area contributed by atoms with Gasteiger partial charge in [-0.3, -0.25) is 4.79 Å². The summed E-state index contributed by atoms with van der Waals surface area (Å²) < 4.78 is 0. The summed E-state index contributed by atoms with van der Waals surface area (Å²) in [4.78, 5) is 13.4. The van der Waals surface area contributed by atoms with Crippen LogP contribution in [0.2, 0.25) is 0 Å². The van der Waals surface area contributed by atoms with Crippen LogP contribution in [0.3, 0.4) is 0 Å². The van der Waals surface area contributed by atoms with Gasteiger partial charge in [0.25, 0.3) is 0 Å². The van der Waals surface area contributed by atoms with Crippen LogP contribution in [0.25, 0.3) is 0 Å². The fourth-order valence-electron chi connectivity index (χ4n) is 0.908. The lowest BCUT2D eigenvalue weighted by molar-refractivity contribution is -0.133. The van der Waals surface area contributed by atoms with Gasteiger partial charge in [-0.2, -0.15) is 0 Å². The maximum absolute atomic E-state index is 11.3. The number of amides is 1. The minimum Gasteiger partial charge on any atom is -0.344 e. The Bertz CT molecular complexity index is 134. The van der Waals surface area contributed by atoms with Crippen LogP contribution in [0, 0.1) is 5.92 Å². The van der Waals surface area contributed by atoms with E-state index in [-0.39, 0.29) is 11.8 Å². The fourth-order valence-corrected chi connectivity index (χ4v) is 1.34. The van der Waals surface area contributed by atoms with E-state index in [4.69, 9.17) is 0 Å². The lowest BCUT2D eigenvalue weighted by Crippen LogP contribution is -2.34. The van der Waals surface area contributed by atoms with Gasteiger partial charge in [-0.25, -0.2) is 0 Å². The number of rotatable bonds is 3. The van der Waals surface area contributed by atoms with E-state index in [1.807, 2.05) is 27.8 Å². The van der Waals surface area contributed by atoms with E-state index in [0.717, 1.165) is 6.54 Å². The van der Waals surface area contributed by atoms with E-state index >= 15 is 0 Å². The third kappa shape index (κ3) is 4.40. The number of carbonyl (C=O) groups excluding carboxylic acids is 1. The zero-order chi connectivity index (χ0) is 9.02. The third-order valence-corrected chi connectivity index (χ3v) is 1.69. The molecule has 2 nitrogen and oxygen atoms in total. The molecule has 0 saturated heterocycles. The summed E-state index contributed by atoms with van der Waals surface area (Å²) >= 11 is 3.40. The fraction of sp³-hybridized carbons (Fsp3) is 0.875. The molecule has 0 aliphatic heterocycles. The smallest absolute Gasteiger partial charge is 0.224 e. The molecule has 0 rings (SSSR count). The Balaban J connectivity index is 3.83. The van der Waals surface area contributed by atoms with Gasteiger partial charge < -0.3 is 4.90 Å². The average Bonchev–Trinajstić information content (AvgIpc) is 1.84. The molecule has 66 valence electrons. The van der Waals surface area contributed by atoms with Crippen LogP contribution in [0.1, 0.15) is 20.8 Å². The monoisotopic (exact) mass is 221 g/mol. The molecule has 0 aliphatic rings. The molecule has 1 amide bonds. The number of hydrogen-bond acceptors (Lipinski definition) is 1. The van der Waals surface area contributed by atoms with Gasteiger partial charge in [0.15, 0.2) is 0 Å². The van der Waals surface area contributed by atoms with E-state index in [9.17, 15) is 4.79 Å². The molecule has 1 unspecified atom stereocenters. The first kappa shape index (κ1) is 11.0. The van der Waals surface area contributed by atoms with Crippen molar-refractivity contribution in [1.29, 1.82) is 0 Å². The first-order valence-electron chi connectivity index (χ1n) is 3.84. The van der Waals surface area contributed by atoms with E-state index in [0.29, 0.717) is 4.83 Å². The predicted molar refractivity (Wildman–Crippen MR) is 50.9 cm³/mol. The molecular weight excluding hydrogens is 206 g/mol. The zero-order valence-electron chi connectivity index (χ0n) is 7.60. The maximum Gasteiger partial charge on any atom is 0.224 e. The normalized spacial score (nSPS) is 13.3. The second-order valence-electron chi connectivity index (χ2n) is 3.15. The summed E-state index contributed by atoms with van der Waals surface area (Å²) in [5, 5.41) is 0. The highest BCUT2D eigenvalue weighted by atomic mass is 79.9. The van der Waals surface area contributed by atoms with Crippen LogP contribution in [0.5, 0.6) is 0 Å². The molecule has 0 aromatic heterocycles. The number of hydrogen-bond donors (Lipinski definition) is 0.